The van der Waals surface area contributed by atoms with Crippen LogP contribution in [0.3, 0.4) is 0 Å². The molecule has 17 heavy (non-hydrogen) atoms. The van der Waals surface area contributed by atoms with Crippen LogP contribution in [0, 0.1) is 5.92 Å². The first-order valence-corrected chi connectivity index (χ1v) is 6.84. The van der Waals surface area contributed by atoms with E-state index in [0.29, 0.717) is 19.8 Å². The van der Waals surface area contributed by atoms with Gasteiger partial charge < -0.3 is 20.3 Å². The molecule has 4 nitrogen and oxygen atoms in total. The van der Waals surface area contributed by atoms with Gasteiger partial charge in [0.25, 0.3) is 0 Å². The molecule has 2 unspecified atom stereocenters. The Morgan fingerprint density at radius 1 is 1.29 bits per heavy atom. The van der Waals surface area contributed by atoms with E-state index in [9.17, 15) is 10.2 Å². The van der Waals surface area contributed by atoms with Crippen molar-refractivity contribution in [2.24, 2.45) is 5.92 Å². The summed E-state index contributed by atoms with van der Waals surface area (Å²) >= 11 is 0. The van der Waals surface area contributed by atoms with Crippen molar-refractivity contribution in [3.63, 3.8) is 0 Å². The SMILES string of the molecule is CCC1CCC(O)(CNC2COCC2O)CC1. The molecule has 1 saturated heterocycles. The number of hydrogen-bond donors (Lipinski definition) is 3. The summed E-state index contributed by atoms with van der Waals surface area (Å²) in [6.45, 7) is 3.76. The summed E-state index contributed by atoms with van der Waals surface area (Å²) in [6.07, 6.45) is 4.80. The Bertz CT molecular complexity index is 239. The molecule has 3 N–H and O–H groups in total. The molecule has 1 aliphatic heterocycles. The lowest BCUT2D eigenvalue weighted by molar-refractivity contribution is -0.0130. The average molecular weight is 243 g/mol. The van der Waals surface area contributed by atoms with Gasteiger partial charge in [-0.25, -0.2) is 0 Å². The number of rotatable bonds is 4. The van der Waals surface area contributed by atoms with Crippen LogP contribution in [0.5, 0.6) is 0 Å². The molecule has 0 aromatic rings. The molecule has 2 fully saturated rings. The predicted molar refractivity (Wildman–Crippen MR) is 65.8 cm³/mol. The molecule has 1 heterocycles. The Hall–Kier alpha value is -0.160. The van der Waals surface area contributed by atoms with Gasteiger partial charge in [0, 0.05) is 6.54 Å². The number of aliphatic hydroxyl groups excluding tert-OH is 1. The average Bonchev–Trinajstić information content (AvgIpc) is 2.74. The van der Waals surface area contributed by atoms with Gasteiger partial charge in [-0.05, 0) is 31.6 Å². The molecule has 100 valence electrons. The van der Waals surface area contributed by atoms with Crippen LogP contribution in [0.25, 0.3) is 0 Å². The van der Waals surface area contributed by atoms with Gasteiger partial charge in [0.05, 0.1) is 31.0 Å². The smallest absolute Gasteiger partial charge is 0.0948 e. The van der Waals surface area contributed by atoms with Crippen LogP contribution in [0.1, 0.15) is 39.0 Å². The second kappa shape index (κ2) is 5.65. The van der Waals surface area contributed by atoms with E-state index in [1.807, 2.05) is 0 Å². The molecule has 0 aromatic carbocycles. The van der Waals surface area contributed by atoms with Crippen molar-refractivity contribution in [3.05, 3.63) is 0 Å². The molecule has 0 bridgehead atoms. The first kappa shape index (κ1) is 13.3. The summed E-state index contributed by atoms with van der Waals surface area (Å²) in [5, 5.41) is 23.3. The third kappa shape index (κ3) is 3.41. The molecule has 2 atom stereocenters. The van der Waals surface area contributed by atoms with Crippen molar-refractivity contribution < 1.29 is 14.9 Å². The predicted octanol–water partition coefficient (Wildman–Crippen LogP) is 0.667. The monoisotopic (exact) mass is 243 g/mol. The Kier molecular flexibility index (Phi) is 4.42. The van der Waals surface area contributed by atoms with Gasteiger partial charge in [-0.3, -0.25) is 0 Å². The molecule has 2 rings (SSSR count). The minimum absolute atomic E-state index is 0.0112. The lowest BCUT2D eigenvalue weighted by Crippen LogP contribution is -2.49. The molecule has 1 saturated carbocycles. The third-order valence-corrected chi connectivity index (χ3v) is 4.36. The van der Waals surface area contributed by atoms with Crippen molar-refractivity contribution >= 4 is 0 Å². The van der Waals surface area contributed by atoms with E-state index in [1.54, 1.807) is 0 Å². The van der Waals surface area contributed by atoms with Crippen LogP contribution < -0.4 is 5.32 Å². The van der Waals surface area contributed by atoms with Crippen molar-refractivity contribution in [1.29, 1.82) is 0 Å². The normalized spacial score (nSPS) is 42.9. The van der Waals surface area contributed by atoms with Crippen molar-refractivity contribution in [2.75, 3.05) is 19.8 Å². The molecule has 0 spiro atoms. The molecule has 0 aromatic heterocycles. The zero-order chi connectivity index (χ0) is 12.3. The van der Waals surface area contributed by atoms with Crippen LogP contribution in [0.2, 0.25) is 0 Å². The van der Waals surface area contributed by atoms with Gasteiger partial charge in [-0.1, -0.05) is 13.3 Å². The molecular weight excluding hydrogens is 218 g/mol. The zero-order valence-corrected chi connectivity index (χ0v) is 10.7. The second-order valence-electron chi connectivity index (χ2n) is 5.67. The highest BCUT2D eigenvalue weighted by molar-refractivity contribution is 4.90. The minimum Gasteiger partial charge on any atom is -0.389 e. The van der Waals surface area contributed by atoms with Gasteiger partial charge >= 0.3 is 0 Å². The quantitative estimate of drug-likeness (QED) is 0.679. The molecule has 4 heteroatoms. The minimum atomic E-state index is -0.575. The maximum atomic E-state index is 10.4. The highest BCUT2D eigenvalue weighted by Gasteiger charge is 2.34. The fourth-order valence-electron chi connectivity index (χ4n) is 2.86. The van der Waals surface area contributed by atoms with Crippen LogP contribution in [0.4, 0.5) is 0 Å². The maximum Gasteiger partial charge on any atom is 0.0948 e. The van der Waals surface area contributed by atoms with Crippen LogP contribution >= 0.6 is 0 Å². The van der Waals surface area contributed by atoms with Crippen molar-refractivity contribution in [2.45, 2.75) is 56.8 Å². The van der Waals surface area contributed by atoms with Crippen LogP contribution in [-0.4, -0.2) is 47.7 Å². The number of ether oxygens (including phenoxy) is 1. The molecule has 0 amide bonds. The lowest BCUT2D eigenvalue weighted by atomic mass is 9.78. The lowest BCUT2D eigenvalue weighted by Gasteiger charge is -2.36. The van der Waals surface area contributed by atoms with E-state index in [4.69, 9.17) is 4.74 Å². The molecule has 1 aliphatic carbocycles. The Balaban J connectivity index is 1.74. The molecular formula is C13H25NO3. The highest BCUT2D eigenvalue weighted by atomic mass is 16.5. The molecule has 0 radical (unpaired) electrons. The van der Waals surface area contributed by atoms with E-state index in [-0.39, 0.29) is 6.04 Å². The van der Waals surface area contributed by atoms with E-state index >= 15 is 0 Å². The van der Waals surface area contributed by atoms with Crippen molar-refractivity contribution in [1.82, 2.24) is 5.32 Å². The summed E-state index contributed by atoms with van der Waals surface area (Å²) in [5.41, 5.74) is -0.575. The zero-order valence-electron chi connectivity index (χ0n) is 10.7. The Labute approximate surface area is 103 Å². The highest BCUT2D eigenvalue weighted by Crippen LogP contribution is 2.33. The Morgan fingerprint density at radius 3 is 2.53 bits per heavy atom. The maximum absolute atomic E-state index is 10.4. The summed E-state index contributed by atoms with van der Waals surface area (Å²) < 4.78 is 5.18. The van der Waals surface area contributed by atoms with Crippen LogP contribution in [0.15, 0.2) is 0 Å². The second-order valence-corrected chi connectivity index (χ2v) is 5.67. The van der Waals surface area contributed by atoms with E-state index in [0.717, 1.165) is 31.6 Å². The van der Waals surface area contributed by atoms with Gasteiger partial charge in [0.1, 0.15) is 0 Å². The summed E-state index contributed by atoms with van der Waals surface area (Å²) in [7, 11) is 0. The summed E-state index contributed by atoms with van der Waals surface area (Å²) in [5.74, 6) is 0.788. The fourth-order valence-corrected chi connectivity index (χ4v) is 2.86. The van der Waals surface area contributed by atoms with Gasteiger partial charge in [0.2, 0.25) is 0 Å². The van der Waals surface area contributed by atoms with E-state index < -0.39 is 11.7 Å². The van der Waals surface area contributed by atoms with E-state index in [1.165, 1.54) is 6.42 Å². The first-order chi connectivity index (χ1) is 8.13. The standard InChI is InChI=1S/C13H25NO3/c1-2-10-3-5-13(16,6-4-10)9-14-11-7-17-8-12(11)15/h10-12,14-16H,2-9H2,1H3. The molecule has 2 aliphatic rings. The first-order valence-electron chi connectivity index (χ1n) is 6.84. The summed E-state index contributed by atoms with van der Waals surface area (Å²) in [4.78, 5) is 0. The fraction of sp³-hybridized carbons (Fsp3) is 1.00. The summed E-state index contributed by atoms with van der Waals surface area (Å²) in [6, 6.07) is -0.0112. The van der Waals surface area contributed by atoms with Gasteiger partial charge in [0.15, 0.2) is 0 Å². The Morgan fingerprint density at radius 2 is 2.00 bits per heavy atom. The number of hydrogen-bond acceptors (Lipinski definition) is 4. The topological polar surface area (TPSA) is 61.7 Å². The van der Waals surface area contributed by atoms with Gasteiger partial charge in [-0.15, -0.1) is 0 Å². The largest absolute Gasteiger partial charge is 0.389 e. The van der Waals surface area contributed by atoms with E-state index in [2.05, 4.69) is 12.2 Å². The third-order valence-electron chi connectivity index (χ3n) is 4.36. The van der Waals surface area contributed by atoms with Crippen LogP contribution in [-0.2, 0) is 4.74 Å². The van der Waals surface area contributed by atoms with Crippen molar-refractivity contribution in [3.8, 4) is 0 Å². The number of aliphatic hydroxyl groups is 2. The van der Waals surface area contributed by atoms with Gasteiger partial charge in [-0.2, -0.15) is 0 Å². The number of nitrogens with one attached hydrogen (secondary N) is 1.